The van der Waals surface area contributed by atoms with Gasteiger partial charge in [-0.3, -0.25) is 9.36 Å². The van der Waals surface area contributed by atoms with E-state index in [-0.39, 0.29) is 16.8 Å². The summed E-state index contributed by atoms with van der Waals surface area (Å²) in [5, 5.41) is 12.1. The molecule has 1 aromatic heterocycles. The molecule has 2 fully saturated rings. The fourth-order valence-corrected chi connectivity index (χ4v) is 4.60. The first-order valence-corrected chi connectivity index (χ1v) is 10.4. The number of rotatable bonds is 7. The maximum Gasteiger partial charge on any atom is 0.350 e. The number of hydrogen-bond acceptors (Lipinski definition) is 6. The minimum absolute atomic E-state index is 0.00266. The molecule has 4 rings (SSSR count). The Kier molecular flexibility index (Phi) is 5.06. The summed E-state index contributed by atoms with van der Waals surface area (Å²) < 4.78 is 17.3. The van der Waals surface area contributed by atoms with Gasteiger partial charge in [0, 0.05) is 49.6 Å². The molecule has 1 aromatic carbocycles. The molecule has 0 atom stereocenters. The van der Waals surface area contributed by atoms with Gasteiger partial charge in [-0.2, -0.15) is 9.94 Å². The molecule has 1 saturated heterocycles. The molecule has 0 radical (unpaired) electrons. The molecule has 0 amide bonds. The van der Waals surface area contributed by atoms with Gasteiger partial charge in [0.15, 0.2) is 0 Å². The van der Waals surface area contributed by atoms with E-state index in [0.29, 0.717) is 47.5 Å². The minimum atomic E-state index is -0.673. The van der Waals surface area contributed by atoms with E-state index in [4.69, 9.17) is 11.1 Å². The van der Waals surface area contributed by atoms with E-state index in [2.05, 4.69) is 18.3 Å². The second-order valence-electron chi connectivity index (χ2n) is 8.58. The third-order valence-corrected chi connectivity index (χ3v) is 6.51. The van der Waals surface area contributed by atoms with Crippen molar-refractivity contribution in [2.45, 2.75) is 45.6 Å². The number of halogens is 1. The Labute approximate surface area is 173 Å². The van der Waals surface area contributed by atoms with E-state index >= 15 is 4.39 Å². The smallest absolute Gasteiger partial charge is 0.350 e. The van der Waals surface area contributed by atoms with Crippen LogP contribution in [0.1, 0.15) is 44.2 Å². The molecule has 30 heavy (non-hydrogen) atoms. The molecule has 0 bridgehead atoms. The Bertz CT molecular complexity index is 1150. The lowest BCUT2D eigenvalue weighted by Gasteiger charge is -2.52. The van der Waals surface area contributed by atoms with Gasteiger partial charge in [-0.05, 0) is 32.3 Å². The summed E-state index contributed by atoms with van der Waals surface area (Å²) in [5.41, 5.74) is 0.338. The highest BCUT2D eigenvalue weighted by Crippen LogP contribution is 2.42. The van der Waals surface area contributed by atoms with Crippen molar-refractivity contribution in [3.8, 4) is 6.07 Å². The zero-order valence-electron chi connectivity index (χ0n) is 17.4. The number of nitrogens with one attached hydrogen (secondary N) is 1. The Morgan fingerprint density at radius 1 is 1.37 bits per heavy atom. The monoisotopic (exact) mass is 414 g/mol. The second-order valence-corrected chi connectivity index (χ2v) is 8.58. The van der Waals surface area contributed by atoms with E-state index < -0.39 is 17.1 Å². The molecule has 0 unspecified atom stereocenters. The summed E-state index contributed by atoms with van der Waals surface area (Å²) in [6.45, 7) is 6.64. The molecule has 2 heterocycles. The van der Waals surface area contributed by atoms with Gasteiger partial charge in [-0.25, -0.2) is 9.18 Å². The first-order chi connectivity index (χ1) is 14.3. The van der Waals surface area contributed by atoms with Gasteiger partial charge in [0.25, 0.3) is 5.56 Å². The number of hydrogen-bond donors (Lipinski definition) is 2. The molecule has 160 valence electrons. The molecule has 2 aromatic rings. The quantitative estimate of drug-likeness (QED) is 0.523. The van der Waals surface area contributed by atoms with Gasteiger partial charge >= 0.3 is 5.69 Å². The summed E-state index contributed by atoms with van der Waals surface area (Å²) in [4.78, 5) is 27.2. The number of nitrogen functional groups attached to an aromatic ring is 1. The van der Waals surface area contributed by atoms with Crippen LogP contribution in [0.3, 0.4) is 0 Å². The predicted octanol–water partition coefficient (Wildman–Crippen LogP) is 1.38. The molecule has 1 aliphatic heterocycles. The summed E-state index contributed by atoms with van der Waals surface area (Å²) >= 11 is 0. The summed E-state index contributed by atoms with van der Waals surface area (Å²) in [6.07, 6.45) is 3.08. The van der Waals surface area contributed by atoms with Crippen molar-refractivity contribution in [2.75, 3.05) is 36.9 Å². The lowest BCUT2D eigenvalue weighted by atomic mass is 9.76. The number of aryl methyl sites for hydroxylation is 1. The summed E-state index contributed by atoms with van der Waals surface area (Å²) in [6, 6.07) is 3.34. The minimum Gasteiger partial charge on any atom is -0.368 e. The van der Waals surface area contributed by atoms with Crippen LogP contribution in [0, 0.1) is 29.5 Å². The van der Waals surface area contributed by atoms with Gasteiger partial charge in [-0.15, -0.1) is 0 Å². The lowest BCUT2D eigenvalue weighted by molar-refractivity contribution is 0.194. The highest BCUT2D eigenvalue weighted by Gasteiger charge is 2.43. The zero-order chi connectivity index (χ0) is 21.6. The number of benzene rings is 1. The molecule has 9 heteroatoms. The standard InChI is InChI=1S/C21H27FN6O2/c1-3-21(10-25-8-4-7-23)11-26(12-21)18-13(2)17-15(9-16(18)22)19(29)28(24)20(30)27(17)14-5-6-14/h9,14,25H,3-6,8,10-12,24H2,1-2H3. The van der Waals surface area contributed by atoms with Crippen molar-refractivity contribution in [1.29, 1.82) is 5.26 Å². The normalized spacial score (nSPS) is 17.7. The fraction of sp³-hybridized carbons (Fsp3) is 0.571. The van der Waals surface area contributed by atoms with Crippen molar-refractivity contribution in [2.24, 2.45) is 5.41 Å². The maximum atomic E-state index is 15.2. The fourth-order valence-electron chi connectivity index (χ4n) is 4.60. The second kappa shape index (κ2) is 7.43. The van der Waals surface area contributed by atoms with Gasteiger partial charge in [-0.1, -0.05) is 6.92 Å². The first kappa shape index (κ1) is 20.4. The Hall–Kier alpha value is -2.86. The van der Waals surface area contributed by atoms with Crippen LogP contribution in [-0.2, 0) is 0 Å². The zero-order valence-corrected chi connectivity index (χ0v) is 17.4. The molecule has 0 spiro atoms. The van der Waals surface area contributed by atoms with Crippen LogP contribution in [0.5, 0.6) is 0 Å². The molecule has 3 N–H and O–H groups in total. The van der Waals surface area contributed by atoms with Crippen LogP contribution in [0.4, 0.5) is 10.1 Å². The summed E-state index contributed by atoms with van der Waals surface area (Å²) in [7, 11) is 0. The van der Waals surface area contributed by atoms with Gasteiger partial charge < -0.3 is 16.1 Å². The van der Waals surface area contributed by atoms with Crippen molar-refractivity contribution < 1.29 is 4.39 Å². The van der Waals surface area contributed by atoms with E-state index in [1.165, 1.54) is 6.07 Å². The van der Waals surface area contributed by atoms with E-state index in [1.54, 1.807) is 11.5 Å². The third-order valence-electron chi connectivity index (χ3n) is 6.51. The predicted molar refractivity (Wildman–Crippen MR) is 114 cm³/mol. The number of nitrogens with two attached hydrogens (primary N) is 1. The van der Waals surface area contributed by atoms with Gasteiger partial charge in [0.2, 0.25) is 0 Å². The SMILES string of the molecule is CCC1(CNCCC#N)CN(c2c(F)cc3c(=O)n(N)c(=O)n(C4CC4)c3c2C)C1. The molecule has 8 nitrogen and oxygen atoms in total. The van der Waals surface area contributed by atoms with Crippen molar-refractivity contribution >= 4 is 16.6 Å². The third kappa shape index (κ3) is 3.16. The van der Waals surface area contributed by atoms with Crippen molar-refractivity contribution in [3.63, 3.8) is 0 Å². The molecule has 2 aliphatic rings. The number of nitriles is 1. The first-order valence-electron chi connectivity index (χ1n) is 10.4. The topological polar surface area (TPSA) is 109 Å². The van der Waals surface area contributed by atoms with Crippen molar-refractivity contribution in [1.82, 2.24) is 14.6 Å². The van der Waals surface area contributed by atoms with Crippen LogP contribution >= 0.6 is 0 Å². The number of anilines is 1. The van der Waals surface area contributed by atoms with Gasteiger partial charge in [0.05, 0.1) is 22.7 Å². The Morgan fingerprint density at radius 3 is 2.67 bits per heavy atom. The van der Waals surface area contributed by atoms with Crippen LogP contribution in [0.2, 0.25) is 0 Å². The largest absolute Gasteiger partial charge is 0.368 e. The Balaban J connectivity index is 1.72. The maximum absolute atomic E-state index is 15.2. The molecule has 1 saturated carbocycles. The van der Waals surface area contributed by atoms with Crippen LogP contribution in [0.25, 0.3) is 10.9 Å². The molecular formula is C21H27FN6O2. The van der Waals surface area contributed by atoms with Crippen LogP contribution in [0.15, 0.2) is 15.7 Å². The van der Waals surface area contributed by atoms with Crippen LogP contribution in [-0.4, -0.2) is 35.4 Å². The lowest BCUT2D eigenvalue weighted by Crippen LogP contribution is -2.61. The van der Waals surface area contributed by atoms with E-state index in [0.717, 1.165) is 25.8 Å². The average molecular weight is 414 g/mol. The molecule has 1 aliphatic carbocycles. The highest BCUT2D eigenvalue weighted by molar-refractivity contribution is 5.87. The number of nitrogens with zero attached hydrogens (tertiary/aromatic N) is 4. The molecular weight excluding hydrogens is 387 g/mol. The van der Waals surface area contributed by atoms with E-state index in [9.17, 15) is 9.59 Å². The number of fused-ring (bicyclic) bond motifs is 1. The Morgan fingerprint density at radius 2 is 2.07 bits per heavy atom. The van der Waals surface area contributed by atoms with E-state index in [1.807, 2.05) is 4.90 Å². The average Bonchev–Trinajstić information content (AvgIpc) is 3.52. The summed E-state index contributed by atoms with van der Waals surface area (Å²) in [5.74, 6) is 5.21. The number of aromatic nitrogens is 2. The van der Waals surface area contributed by atoms with Crippen LogP contribution < -0.4 is 27.3 Å². The van der Waals surface area contributed by atoms with Crippen molar-refractivity contribution in [3.05, 3.63) is 38.3 Å². The van der Waals surface area contributed by atoms with Gasteiger partial charge in [0.1, 0.15) is 5.82 Å². The highest BCUT2D eigenvalue weighted by atomic mass is 19.1.